The molecule has 7 heteroatoms. The molecule has 0 aliphatic heterocycles. The van der Waals surface area contributed by atoms with E-state index >= 15 is 0 Å². The molecule has 0 radical (unpaired) electrons. The molecule has 0 aliphatic rings. The SMILES string of the molecule is COc1ccc(-c2cc(C(=O)N(C)CCCCCCCCc3ccccc3)cc(-c3cccc(C(F)(F)F)c3)c2O)cc1. The zero-order valence-corrected chi connectivity index (χ0v) is 24.7. The number of aryl methyl sites for hydroxylation is 1. The number of rotatable bonds is 13. The molecule has 4 aromatic carbocycles. The topological polar surface area (TPSA) is 49.8 Å². The van der Waals surface area contributed by atoms with Gasteiger partial charge in [0.2, 0.25) is 0 Å². The molecular weight excluding hydrogens is 551 g/mol. The third-order valence-corrected chi connectivity index (χ3v) is 7.66. The molecule has 0 aromatic heterocycles. The van der Waals surface area contributed by atoms with Crippen LogP contribution in [-0.4, -0.2) is 36.6 Å². The first-order chi connectivity index (χ1) is 20.7. The Morgan fingerprint density at radius 2 is 1.40 bits per heavy atom. The highest BCUT2D eigenvalue weighted by Crippen LogP contribution is 2.41. The second-order valence-corrected chi connectivity index (χ2v) is 10.8. The number of phenols is 1. The van der Waals surface area contributed by atoms with Crippen molar-refractivity contribution in [3.8, 4) is 33.8 Å². The van der Waals surface area contributed by atoms with Crippen LogP contribution < -0.4 is 4.74 Å². The zero-order valence-electron chi connectivity index (χ0n) is 24.7. The Balaban J connectivity index is 1.46. The van der Waals surface area contributed by atoms with Gasteiger partial charge in [0.05, 0.1) is 12.7 Å². The lowest BCUT2D eigenvalue weighted by atomic mass is 9.93. The highest BCUT2D eigenvalue weighted by Gasteiger charge is 2.31. The monoisotopic (exact) mass is 589 g/mol. The maximum Gasteiger partial charge on any atom is 0.416 e. The van der Waals surface area contributed by atoms with Crippen LogP contribution in [-0.2, 0) is 12.6 Å². The fourth-order valence-electron chi connectivity index (χ4n) is 5.18. The number of aromatic hydroxyl groups is 1. The van der Waals surface area contributed by atoms with Crippen LogP contribution in [0, 0.1) is 0 Å². The third-order valence-electron chi connectivity index (χ3n) is 7.66. The largest absolute Gasteiger partial charge is 0.507 e. The lowest BCUT2D eigenvalue weighted by molar-refractivity contribution is -0.137. The number of carbonyl (C=O) groups is 1. The number of alkyl halides is 3. The lowest BCUT2D eigenvalue weighted by Gasteiger charge is -2.20. The van der Waals surface area contributed by atoms with Gasteiger partial charge in [-0.05, 0) is 72.4 Å². The standard InChI is InChI=1S/C36H38F3NO3/c1-40(22-11-6-4-3-5-8-13-26-14-9-7-10-15-26)35(42)29-24-32(27-18-20-31(43-2)21-19-27)34(41)33(25-29)28-16-12-17-30(23-28)36(37,38)39/h7,9-10,12,14-21,23-25,41H,3-6,8,11,13,22H2,1-2H3. The summed E-state index contributed by atoms with van der Waals surface area (Å²) in [5.74, 6) is 0.159. The molecule has 0 saturated carbocycles. The number of nitrogens with zero attached hydrogens (tertiary/aromatic N) is 1. The van der Waals surface area contributed by atoms with Gasteiger partial charge in [-0.2, -0.15) is 13.2 Å². The van der Waals surface area contributed by atoms with Crippen molar-refractivity contribution in [3.05, 3.63) is 108 Å². The molecule has 0 bridgehead atoms. The average Bonchev–Trinajstić information content (AvgIpc) is 3.02. The Kier molecular flexibility index (Phi) is 10.9. The highest BCUT2D eigenvalue weighted by atomic mass is 19.4. The summed E-state index contributed by atoms with van der Waals surface area (Å²) in [6, 6.07) is 25.2. The maximum atomic E-state index is 13.5. The van der Waals surface area contributed by atoms with Crippen LogP contribution in [0.3, 0.4) is 0 Å². The van der Waals surface area contributed by atoms with Crippen molar-refractivity contribution < 1.29 is 27.8 Å². The Bertz CT molecular complexity index is 1480. The van der Waals surface area contributed by atoms with Crippen molar-refractivity contribution in [3.63, 3.8) is 0 Å². The third kappa shape index (κ3) is 8.63. The first-order valence-electron chi connectivity index (χ1n) is 14.7. The molecule has 0 atom stereocenters. The van der Waals surface area contributed by atoms with Crippen molar-refractivity contribution in [2.24, 2.45) is 0 Å². The Hall–Kier alpha value is -4.26. The molecule has 1 N–H and O–H groups in total. The van der Waals surface area contributed by atoms with Gasteiger partial charge in [0.1, 0.15) is 11.5 Å². The predicted molar refractivity (Wildman–Crippen MR) is 165 cm³/mol. The Labute approximate surface area is 251 Å². The number of benzene rings is 4. The Morgan fingerprint density at radius 3 is 2.05 bits per heavy atom. The van der Waals surface area contributed by atoms with Crippen LogP contribution in [0.2, 0.25) is 0 Å². The molecule has 4 rings (SSSR count). The summed E-state index contributed by atoms with van der Waals surface area (Å²) in [6.45, 7) is 0.556. The number of carbonyl (C=O) groups excluding carboxylic acids is 1. The van der Waals surface area contributed by atoms with Crippen molar-refractivity contribution >= 4 is 5.91 Å². The minimum atomic E-state index is -4.54. The number of hydrogen-bond acceptors (Lipinski definition) is 3. The predicted octanol–water partition coefficient (Wildman–Crippen LogP) is 9.41. The molecule has 0 heterocycles. The van der Waals surface area contributed by atoms with Crippen LogP contribution in [0.15, 0.2) is 91.0 Å². The lowest BCUT2D eigenvalue weighted by Crippen LogP contribution is -2.27. The number of amides is 1. The summed E-state index contributed by atoms with van der Waals surface area (Å²) in [6.07, 6.45) is 2.98. The molecular formula is C36H38F3NO3. The maximum absolute atomic E-state index is 13.5. The zero-order chi connectivity index (χ0) is 30.8. The molecule has 0 unspecified atom stereocenters. The van der Waals surface area contributed by atoms with Crippen LogP contribution >= 0.6 is 0 Å². The molecule has 0 spiro atoms. The van der Waals surface area contributed by atoms with Gasteiger partial charge in [0, 0.05) is 30.3 Å². The summed E-state index contributed by atoms with van der Waals surface area (Å²) in [5.41, 5.74) is 2.12. The van der Waals surface area contributed by atoms with Crippen LogP contribution in [0.4, 0.5) is 13.2 Å². The van der Waals surface area contributed by atoms with Gasteiger partial charge in [0.25, 0.3) is 5.91 Å². The van der Waals surface area contributed by atoms with Gasteiger partial charge < -0.3 is 14.7 Å². The van der Waals surface area contributed by atoms with E-state index in [0.717, 1.165) is 50.7 Å². The van der Waals surface area contributed by atoms with Crippen molar-refractivity contribution in [2.45, 2.75) is 51.1 Å². The molecule has 0 saturated heterocycles. The fourth-order valence-corrected chi connectivity index (χ4v) is 5.18. The van der Waals surface area contributed by atoms with E-state index in [2.05, 4.69) is 24.3 Å². The van der Waals surface area contributed by atoms with Crippen LogP contribution in [0.25, 0.3) is 22.3 Å². The minimum absolute atomic E-state index is 0.159. The first kappa shape index (κ1) is 31.7. The van der Waals surface area contributed by atoms with E-state index < -0.39 is 11.7 Å². The molecule has 4 nitrogen and oxygen atoms in total. The number of methoxy groups -OCH3 is 1. The van der Waals surface area contributed by atoms with Gasteiger partial charge in [0.15, 0.2) is 0 Å². The van der Waals surface area contributed by atoms with E-state index in [1.165, 1.54) is 30.2 Å². The molecule has 0 aliphatic carbocycles. The molecule has 4 aromatic rings. The summed E-state index contributed by atoms with van der Waals surface area (Å²) < 4.78 is 45.7. The average molecular weight is 590 g/mol. The van der Waals surface area contributed by atoms with Gasteiger partial charge in [-0.25, -0.2) is 0 Å². The van der Waals surface area contributed by atoms with Gasteiger partial charge in [-0.3, -0.25) is 4.79 Å². The van der Waals surface area contributed by atoms with Gasteiger partial charge >= 0.3 is 6.18 Å². The minimum Gasteiger partial charge on any atom is -0.507 e. The first-order valence-corrected chi connectivity index (χ1v) is 14.7. The normalized spacial score (nSPS) is 11.4. The second-order valence-electron chi connectivity index (χ2n) is 10.8. The number of phenolic OH excluding ortho intramolecular Hbond substituents is 1. The number of unbranched alkanes of at least 4 members (excludes halogenated alkanes) is 5. The van der Waals surface area contributed by atoms with Gasteiger partial charge in [-0.15, -0.1) is 0 Å². The highest BCUT2D eigenvalue weighted by molar-refractivity contribution is 5.99. The molecule has 0 fully saturated rings. The summed E-state index contributed by atoms with van der Waals surface area (Å²) in [5, 5.41) is 11.3. The summed E-state index contributed by atoms with van der Waals surface area (Å²) in [7, 11) is 3.27. The molecule has 43 heavy (non-hydrogen) atoms. The quantitative estimate of drug-likeness (QED) is 0.158. The van der Waals surface area contributed by atoms with Crippen molar-refractivity contribution in [2.75, 3.05) is 20.7 Å². The molecule has 226 valence electrons. The number of hydrogen-bond donors (Lipinski definition) is 1. The van der Waals surface area contributed by atoms with Gasteiger partial charge in [-0.1, -0.05) is 80.3 Å². The van der Waals surface area contributed by atoms with Crippen LogP contribution in [0.1, 0.15) is 60.0 Å². The van der Waals surface area contributed by atoms with Crippen LogP contribution in [0.5, 0.6) is 11.5 Å². The summed E-state index contributed by atoms with van der Waals surface area (Å²) >= 11 is 0. The van der Waals surface area contributed by atoms with Crippen molar-refractivity contribution in [1.29, 1.82) is 0 Å². The van der Waals surface area contributed by atoms with E-state index in [0.29, 0.717) is 29.0 Å². The van der Waals surface area contributed by atoms with E-state index in [1.807, 2.05) is 6.07 Å². The van der Waals surface area contributed by atoms with E-state index in [1.54, 1.807) is 49.4 Å². The van der Waals surface area contributed by atoms with E-state index in [4.69, 9.17) is 4.74 Å². The number of ether oxygens (including phenoxy) is 1. The molecule has 1 amide bonds. The van der Waals surface area contributed by atoms with E-state index in [-0.39, 0.29) is 22.8 Å². The Morgan fingerprint density at radius 1 is 0.767 bits per heavy atom. The fraction of sp³-hybridized carbons (Fsp3) is 0.306. The second kappa shape index (κ2) is 14.8. The number of halogens is 3. The summed E-state index contributed by atoms with van der Waals surface area (Å²) in [4.78, 5) is 15.2. The van der Waals surface area contributed by atoms with Crippen molar-refractivity contribution in [1.82, 2.24) is 4.90 Å². The smallest absolute Gasteiger partial charge is 0.416 e. The van der Waals surface area contributed by atoms with E-state index in [9.17, 15) is 23.1 Å².